The number of rotatable bonds is 5. The van der Waals surface area contributed by atoms with Gasteiger partial charge in [0.25, 0.3) is 11.8 Å². The predicted octanol–water partition coefficient (Wildman–Crippen LogP) is 1.93. The first-order valence-corrected chi connectivity index (χ1v) is 8.45. The van der Waals surface area contributed by atoms with Gasteiger partial charge in [0.05, 0.1) is 43.9 Å². The third-order valence-electron chi connectivity index (χ3n) is 4.41. The molecule has 0 saturated heterocycles. The minimum Gasteiger partial charge on any atom is -0.491 e. The highest BCUT2D eigenvalue weighted by molar-refractivity contribution is 6.09. The van der Waals surface area contributed by atoms with Crippen LogP contribution >= 0.6 is 0 Å². The van der Waals surface area contributed by atoms with Crippen LogP contribution in [-0.2, 0) is 13.1 Å². The van der Waals surface area contributed by atoms with Gasteiger partial charge in [-0.3, -0.25) is 19.4 Å². The fourth-order valence-electron chi connectivity index (χ4n) is 2.97. The first kappa shape index (κ1) is 17.0. The van der Waals surface area contributed by atoms with Gasteiger partial charge in [-0.15, -0.1) is 5.10 Å². The SMILES string of the molecule is CCn1cc(N2Cc3nc(-c4cnc(OC)c(OC)c4)ccc3C2=O)nn1. The Labute approximate surface area is 155 Å². The number of fused-ring (bicyclic) bond motifs is 1. The van der Waals surface area contributed by atoms with Crippen molar-refractivity contribution in [2.45, 2.75) is 20.0 Å². The summed E-state index contributed by atoms with van der Waals surface area (Å²) in [7, 11) is 3.09. The van der Waals surface area contributed by atoms with E-state index in [1.165, 1.54) is 7.11 Å². The summed E-state index contributed by atoms with van der Waals surface area (Å²) < 4.78 is 12.1. The second-order valence-corrected chi connectivity index (χ2v) is 5.95. The topological polar surface area (TPSA) is 95.3 Å². The van der Waals surface area contributed by atoms with Crippen LogP contribution < -0.4 is 14.4 Å². The molecule has 1 aliphatic heterocycles. The fourth-order valence-corrected chi connectivity index (χ4v) is 2.97. The average Bonchev–Trinajstić information content (AvgIpc) is 3.31. The van der Waals surface area contributed by atoms with Gasteiger partial charge in [-0.2, -0.15) is 0 Å². The summed E-state index contributed by atoms with van der Waals surface area (Å²) in [5.41, 5.74) is 2.74. The van der Waals surface area contributed by atoms with E-state index in [2.05, 4.69) is 20.3 Å². The number of aryl methyl sites for hydroxylation is 1. The molecule has 0 N–H and O–H groups in total. The maximum atomic E-state index is 12.7. The van der Waals surface area contributed by atoms with E-state index >= 15 is 0 Å². The number of methoxy groups -OCH3 is 2. The van der Waals surface area contributed by atoms with E-state index in [4.69, 9.17) is 9.47 Å². The van der Waals surface area contributed by atoms with Crippen LogP contribution in [0.3, 0.4) is 0 Å². The minimum atomic E-state index is -0.127. The molecule has 0 saturated carbocycles. The molecule has 0 aromatic carbocycles. The van der Waals surface area contributed by atoms with Crippen molar-refractivity contribution < 1.29 is 14.3 Å². The van der Waals surface area contributed by atoms with Crippen molar-refractivity contribution in [2.75, 3.05) is 19.1 Å². The summed E-state index contributed by atoms with van der Waals surface area (Å²) in [5.74, 6) is 1.32. The van der Waals surface area contributed by atoms with Crippen molar-refractivity contribution in [1.82, 2.24) is 25.0 Å². The van der Waals surface area contributed by atoms with Crippen molar-refractivity contribution in [3.05, 3.63) is 41.9 Å². The summed E-state index contributed by atoms with van der Waals surface area (Å²) in [5, 5.41) is 8.07. The lowest BCUT2D eigenvalue weighted by molar-refractivity contribution is 0.0996. The molecule has 0 spiro atoms. The quantitative estimate of drug-likeness (QED) is 0.681. The van der Waals surface area contributed by atoms with Gasteiger partial charge in [0.1, 0.15) is 0 Å². The molecule has 0 unspecified atom stereocenters. The molecule has 1 amide bonds. The first-order valence-electron chi connectivity index (χ1n) is 8.45. The van der Waals surface area contributed by atoms with Gasteiger partial charge in [0.2, 0.25) is 0 Å². The number of pyridine rings is 2. The van der Waals surface area contributed by atoms with Gasteiger partial charge in [-0.25, -0.2) is 4.98 Å². The van der Waals surface area contributed by atoms with Gasteiger partial charge in [-0.05, 0) is 25.1 Å². The predicted molar refractivity (Wildman–Crippen MR) is 96.8 cm³/mol. The second kappa shape index (κ2) is 6.67. The number of nitrogens with zero attached hydrogens (tertiary/aromatic N) is 6. The van der Waals surface area contributed by atoms with E-state index < -0.39 is 0 Å². The molecule has 9 heteroatoms. The van der Waals surface area contributed by atoms with E-state index in [1.807, 2.05) is 13.0 Å². The Balaban J connectivity index is 1.66. The third-order valence-corrected chi connectivity index (χ3v) is 4.41. The molecular weight excluding hydrogens is 348 g/mol. The fraction of sp³-hybridized carbons (Fsp3) is 0.278. The van der Waals surface area contributed by atoms with Crippen LogP contribution in [0, 0.1) is 0 Å². The van der Waals surface area contributed by atoms with Crippen LogP contribution in [0.4, 0.5) is 5.82 Å². The van der Waals surface area contributed by atoms with E-state index in [9.17, 15) is 4.79 Å². The molecule has 0 aliphatic carbocycles. The van der Waals surface area contributed by atoms with Gasteiger partial charge < -0.3 is 9.47 Å². The highest BCUT2D eigenvalue weighted by Crippen LogP contribution is 2.31. The zero-order valence-corrected chi connectivity index (χ0v) is 15.2. The van der Waals surface area contributed by atoms with E-state index in [0.717, 1.165) is 5.56 Å². The zero-order valence-electron chi connectivity index (χ0n) is 15.2. The van der Waals surface area contributed by atoms with Gasteiger partial charge in [-0.1, -0.05) is 5.21 Å². The number of carbonyl (C=O) groups is 1. The Kier molecular flexibility index (Phi) is 4.19. The van der Waals surface area contributed by atoms with Crippen LogP contribution in [-0.4, -0.2) is 45.1 Å². The average molecular weight is 366 g/mol. The molecule has 9 nitrogen and oxygen atoms in total. The maximum absolute atomic E-state index is 12.7. The summed E-state index contributed by atoms with van der Waals surface area (Å²) >= 11 is 0. The molecule has 138 valence electrons. The molecule has 4 rings (SSSR count). The molecule has 4 heterocycles. The molecule has 1 aliphatic rings. The highest BCUT2D eigenvalue weighted by Gasteiger charge is 2.31. The van der Waals surface area contributed by atoms with Gasteiger partial charge in [0, 0.05) is 18.3 Å². The van der Waals surface area contributed by atoms with Crippen LogP contribution in [0.2, 0.25) is 0 Å². The van der Waals surface area contributed by atoms with Crippen molar-refractivity contribution in [3.8, 4) is 22.9 Å². The summed E-state index contributed by atoms with van der Waals surface area (Å²) in [6.07, 6.45) is 3.42. The van der Waals surface area contributed by atoms with Crippen molar-refractivity contribution >= 4 is 11.7 Å². The number of carbonyl (C=O) groups excluding carboxylic acids is 1. The molecular formula is C18H18N6O3. The Morgan fingerprint density at radius 3 is 2.78 bits per heavy atom. The molecule has 0 bridgehead atoms. The van der Waals surface area contributed by atoms with Crippen LogP contribution in [0.15, 0.2) is 30.6 Å². The summed E-state index contributed by atoms with van der Waals surface area (Å²) in [4.78, 5) is 23.2. The Morgan fingerprint density at radius 2 is 2.07 bits per heavy atom. The molecule has 3 aromatic rings. The standard InChI is InChI=1S/C18H18N6O3/c1-4-23-10-16(21-22-23)24-9-14-12(18(24)25)5-6-13(20-14)11-7-15(26-2)17(27-3)19-8-11/h5-8,10H,4,9H2,1-3H3. The lowest BCUT2D eigenvalue weighted by atomic mass is 10.1. The van der Waals surface area contributed by atoms with Crippen molar-refractivity contribution in [3.63, 3.8) is 0 Å². The van der Waals surface area contributed by atoms with Crippen LogP contribution in [0.25, 0.3) is 11.3 Å². The summed E-state index contributed by atoms with van der Waals surface area (Å²) in [6, 6.07) is 5.38. The van der Waals surface area contributed by atoms with Crippen LogP contribution in [0.1, 0.15) is 23.0 Å². The van der Waals surface area contributed by atoms with Crippen molar-refractivity contribution in [1.29, 1.82) is 0 Å². The first-order chi connectivity index (χ1) is 13.1. The number of hydrogen-bond acceptors (Lipinski definition) is 7. The van der Waals surface area contributed by atoms with Gasteiger partial charge in [0.15, 0.2) is 11.6 Å². The minimum absolute atomic E-state index is 0.127. The Morgan fingerprint density at radius 1 is 1.22 bits per heavy atom. The monoisotopic (exact) mass is 366 g/mol. The normalized spacial score (nSPS) is 13.0. The Hall–Kier alpha value is -3.49. The third kappa shape index (κ3) is 2.86. The summed E-state index contributed by atoms with van der Waals surface area (Å²) in [6.45, 7) is 3.01. The Bertz CT molecular complexity index is 1020. The molecule has 0 radical (unpaired) electrons. The molecule has 0 fully saturated rings. The van der Waals surface area contributed by atoms with E-state index in [-0.39, 0.29) is 5.91 Å². The van der Waals surface area contributed by atoms with Crippen molar-refractivity contribution in [2.24, 2.45) is 0 Å². The lowest BCUT2D eigenvalue weighted by Crippen LogP contribution is -2.23. The zero-order chi connectivity index (χ0) is 19.0. The number of hydrogen-bond donors (Lipinski definition) is 0. The smallest absolute Gasteiger partial charge is 0.261 e. The van der Waals surface area contributed by atoms with E-state index in [1.54, 1.807) is 41.2 Å². The number of ether oxygens (including phenoxy) is 2. The molecule has 27 heavy (non-hydrogen) atoms. The van der Waals surface area contributed by atoms with E-state index in [0.29, 0.717) is 47.5 Å². The number of amides is 1. The van der Waals surface area contributed by atoms with Crippen LogP contribution in [0.5, 0.6) is 11.6 Å². The second-order valence-electron chi connectivity index (χ2n) is 5.95. The maximum Gasteiger partial charge on any atom is 0.261 e. The number of anilines is 1. The molecule has 0 atom stereocenters. The largest absolute Gasteiger partial charge is 0.491 e. The highest BCUT2D eigenvalue weighted by atomic mass is 16.5. The number of aromatic nitrogens is 5. The van der Waals surface area contributed by atoms with Gasteiger partial charge >= 0.3 is 0 Å². The molecule has 3 aromatic heterocycles. The lowest BCUT2D eigenvalue weighted by Gasteiger charge is -2.10.